The molecule has 2 unspecified atom stereocenters. The van der Waals surface area contributed by atoms with Gasteiger partial charge in [0.1, 0.15) is 5.92 Å². The number of thiocarbonyl (C=S) groups is 1. The third-order valence-corrected chi connectivity index (χ3v) is 3.43. The van der Waals surface area contributed by atoms with Crippen molar-refractivity contribution >= 4 is 17.2 Å². The minimum atomic E-state index is -4.63. The van der Waals surface area contributed by atoms with Crippen molar-refractivity contribution in [2.45, 2.75) is 25.2 Å². The van der Waals surface area contributed by atoms with E-state index in [2.05, 4.69) is 12.2 Å². The molecule has 1 aliphatic rings. The van der Waals surface area contributed by atoms with Gasteiger partial charge in [-0.05, 0) is 19.4 Å². The van der Waals surface area contributed by atoms with E-state index in [4.69, 9.17) is 5.73 Å². The van der Waals surface area contributed by atoms with Crippen LogP contribution < -0.4 is 5.73 Å². The van der Waals surface area contributed by atoms with E-state index < -0.39 is 42.3 Å². The Hall–Kier alpha value is -0.570. The molecule has 9 heteroatoms. The molecule has 1 heterocycles. The summed E-state index contributed by atoms with van der Waals surface area (Å²) in [4.78, 5) is 0.403. The highest BCUT2D eigenvalue weighted by atomic mass is 32.1. The third-order valence-electron chi connectivity index (χ3n) is 3.15. The number of rotatable bonds is 3. The van der Waals surface area contributed by atoms with Gasteiger partial charge in [0.2, 0.25) is 0 Å². The maximum absolute atomic E-state index is 12.6. The molecule has 0 bridgehead atoms. The van der Waals surface area contributed by atoms with Gasteiger partial charge in [-0.15, -0.1) is 0 Å². The Morgan fingerprint density at radius 2 is 1.84 bits per heavy atom. The number of alkyl halides is 6. The average Bonchev–Trinajstić information content (AvgIpc) is 2.23. The Labute approximate surface area is 111 Å². The van der Waals surface area contributed by atoms with E-state index in [1.807, 2.05) is 0 Å². The Morgan fingerprint density at radius 3 is 2.26 bits per heavy atom. The van der Waals surface area contributed by atoms with Crippen LogP contribution in [-0.2, 0) is 0 Å². The molecule has 0 aromatic carbocycles. The molecule has 19 heavy (non-hydrogen) atoms. The number of hydrogen-bond acceptors (Lipinski definition) is 2. The molecule has 0 spiro atoms. The summed E-state index contributed by atoms with van der Waals surface area (Å²) >= 11 is 4.35. The van der Waals surface area contributed by atoms with Crippen molar-refractivity contribution in [2.75, 3.05) is 19.6 Å². The number of nitrogens with zero attached hydrogens (tertiary/aromatic N) is 1. The minimum Gasteiger partial charge on any atom is -0.393 e. The molecule has 112 valence electrons. The molecule has 2 N–H and O–H groups in total. The van der Waals surface area contributed by atoms with Gasteiger partial charge in [0.05, 0.1) is 10.9 Å². The lowest BCUT2D eigenvalue weighted by atomic mass is 9.96. The monoisotopic (exact) mass is 308 g/mol. The first kappa shape index (κ1) is 16.5. The largest absolute Gasteiger partial charge is 0.399 e. The standard InChI is InChI=1S/C10H14F6N2S/c11-9(12,13)6-2-1-3-18(4-6)5-7(8(17)19)10(14,15)16/h6-7H,1-5H2,(H2,17,19). The molecule has 2 atom stereocenters. The Bertz CT molecular complexity index is 327. The highest BCUT2D eigenvalue weighted by Gasteiger charge is 2.46. The first-order valence-corrected chi connectivity index (χ1v) is 6.07. The molecule has 0 amide bonds. The lowest BCUT2D eigenvalue weighted by molar-refractivity contribution is -0.191. The van der Waals surface area contributed by atoms with E-state index in [-0.39, 0.29) is 19.4 Å². The van der Waals surface area contributed by atoms with Crippen molar-refractivity contribution in [1.82, 2.24) is 4.90 Å². The first-order chi connectivity index (χ1) is 8.51. The summed E-state index contributed by atoms with van der Waals surface area (Å²) in [5.41, 5.74) is 5.02. The predicted molar refractivity (Wildman–Crippen MR) is 61.5 cm³/mol. The summed E-state index contributed by atoms with van der Waals surface area (Å²) in [5.74, 6) is -3.64. The highest BCUT2D eigenvalue weighted by Crippen LogP contribution is 2.34. The summed E-state index contributed by atoms with van der Waals surface area (Å²) in [6.07, 6.45) is -8.84. The molecule has 1 aliphatic heterocycles. The van der Waals surface area contributed by atoms with E-state index in [9.17, 15) is 26.3 Å². The molecular weight excluding hydrogens is 294 g/mol. The van der Waals surface area contributed by atoms with Gasteiger partial charge in [-0.2, -0.15) is 26.3 Å². The van der Waals surface area contributed by atoms with Crippen molar-refractivity contribution in [3.05, 3.63) is 0 Å². The van der Waals surface area contributed by atoms with Crippen molar-refractivity contribution in [1.29, 1.82) is 0 Å². The molecular formula is C10H14F6N2S. The van der Waals surface area contributed by atoms with E-state index in [0.717, 1.165) is 4.90 Å². The van der Waals surface area contributed by atoms with Gasteiger partial charge in [-0.3, -0.25) is 0 Å². The number of halogens is 6. The second-order valence-corrected chi connectivity index (χ2v) is 5.11. The highest BCUT2D eigenvalue weighted by molar-refractivity contribution is 7.80. The van der Waals surface area contributed by atoms with Gasteiger partial charge in [0.15, 0.2) is 0 Å². The van der Waals surface area contributed by atoms with Gasteiger partial charge in [-0.1, -0.05) is 12.2 Å². The van der Waals surface area contributed by atoms with Crippen molar-refractivity contribution in [3.8, 4) is 0 Å². The lowest BCUT2D eigenvalue weighted by Gasteiger charge is -2.35. The fourth-order valence-corrected chi connectivity index (χ4v) is 2.31. The number of nitrogens with two attached hydrogens (primary N) is 1. The van der Waals surface area contributed by atoms with Crippen LogP contribution in [0, 0.1) is 11.8 Å². The zero-order valence-electron chi connectivity index (χ0n) is 9.89. The van der Waals surface area contributed by atoms with Crippen LogP contribution in [0.4, 0.5) is 26.3 Å². The fraction of sp³-hybridized carbons (Fsp3) is 0.900. The summed E-state index contributed by atoms with van der Waals surface area (Å²) in [5, 5.41) is 0. The number of hydrogen-bond donors (Lipinski definition) is 1. The van der Waals surface area contributed by atoms with E-state index in [1.165, 1.54) is 0 Å². The average molecular weight is 308 g/mol. The van der Waals surface area contributed by atoms with Crippen LogP contribution in [0.15, 0.2) is 0 Å². The smallest absolute Gasteiger partial charge is 0.393 e. The van der Waals surface area contributed by atoms with Gasteiger partial charge in [0.25, 0.3) is 0 Å². The predicted octanol–water partition coefficient (Wildman–Crippen LogP) is 2.73. The molecule has 1 saturated heterocycles. The van der Waals surface area contributed by atoms with Crippen molar-refractivity contribution in [3.63, 3.8) is 0 Å². The fourth-order valence-electron chi connectivity index (χ4n) is 2.10. The molecule has 0 radical (unpaired) electrons. The summed E-state index contributed by atoms with van der Waals surface area (Å²) in [7, 11) is 0. The van der Waals surface area contributed by atoms with E-state index >= 15 is 0 Å². The zero-order valence-corrected chi connectivity index (χ0v) is 10.7. The molecule has 1 rings (SSSR count). The van der Waals surface area contributed by atoms with Gasteiger partial charge < -0.3 is 10.6 Å². The van der Waals surface area contributed by atoms with Crippen molar-refractivity contribution in [2.24, 2.45) is 17.6 Å². The van der Waals surface area contributed by atoms with E-state index in [1.54, 1.807) is 0 Å². The summed E-state index contributed by atoms with van der Waals surface area (Å²) in [6, 6.07) is 0. The normalized spacial score (nSPS) is 24.2. The maximum atomic E-state index is 12.6. The topological polar surface area (TPSA) is 29.3 Å². The maximum Gasteiger partial charge on any atom is 0.399 e. The van der Waals surface area contributed by atoms with Crippen molar-refractivity contribution < 1.29 is 26.3 Å². The van der Waals surface area contributed by atoms with Crippen LogP contribution in [0.1, 0.15) is 12.8 Å². The van der Waals surface area contributed by atoms with Gasteiger partial charge >= 0.3 is 12.4 Å². The Balaban J connectivity index is 2.68. The Morgan fingerprint density at radius 1 is 1.26 bits per heavy atom. The number of likely N-dealkylation sites (tertiary alicyclic amines) is 1. The third kappa shape index (κ3) is 4.79. The minimum absolute atomic E-state index is 0.0518. The molecule has 0 aliphatic carbocycles. The van der Waals surface area contributed by atoms with Crippen LogP contribution in [0.25, 0.3) is 0 Å². The quantitative estimate of drug-likeness (QED) is 0.642. The molecule has 2 nitrogen and oxygen atoms in total. The molecule has 0 aromatic rings. The second kappa shape index (κ2) is 5.82. The summed E-state index contributed by atoms with van der Waals surface area (Å²) < 4.78 is 75.6. The van der Waals surface area contributed by atoms with Crippen LogP contribution >= 0.6 is 12.2 Å². The van der Waals surface area contributed by atoms with Crippen LogP contribution in [0.5, 0.6) is 0 Å². The molecule has 1 fully saturated rings. The van der Waals surface area contributed by atoms with Gasteiger partial charge in [-0.25, -0.2) is 0 Å². The molecule has 0 aromatic heterocycles. The van der Waals surface area contributed by atoms with Crippen LogP contribution in [0.3, 0.4) is 0 Å². The SMILES string of the molecule is NC(=S)C(CN1CCCC(C(F)(F)F)C1)C(F)(F)F. The Kier molecular flexibility index (Phi) is 5.05. The van der Waals surface area contributed by atoms with Gasteiger partial charge in [0, 0.05) is 13.1 Å². The molecule has 0 saturated carbocycles. The number of piperidine rings is 1. The zero-order chi connectivity index (χ0) is 14.8. The lowest BCUT2D eigenvalue weighted by Crippen LogP contribution is -2.48. The van der Waals surface area contributed by atoms with E-state index in [0.29, 0.717) is 0 Å². The second-order valence-electron chi connectivity index (χ2n) is 4.64. The van der Waals surface area contributed by atoms with Crippen LogP contribution in [0.2, 0.25) is 0 Å². The van der Waals surface area contributed by atoms with Crippen LogP contribution in [-0.4, -0.2) is 41.9 Å². The summed E-state index contributed by atoms with van der Waals surface area (Å²) in [6.45, 7) is -0.841. The first-order valence-electron chi connectivity index (χ1n) is 5.67.